The summed E-state index contributed by atoms with van der Waals surface area (Å²) in [6, 6.07) is 85.3. The lowest BCUT2D eigenvalue weighted by atomic mass is 9.96. The molecule has 3 nitrogen and oxygen atoms in total. The third-order valence-electron chi connectivity index (χ3n) is 11.5. The van der Waals surface area contributed by atoms with Gasteiger partial charge in [0.05, 0.1) is 16.7 Å². The minimum absolute atomic E-state index is 1.09. The van der Waals surface area contributed by atoms with Crippen LogP contribution in [-0.4, -0.2) is 4.57 Å². The molecule has 10 aromatic carbocycles. The lowest BCUT2D eigenvalue weighted by Gasteiger charge is -2.28. The van der Waals surface area contributed by atoms with E-state index in [0.717, 1.165) is 39.8 Å². The molecule has 0 aliphatic heterocycles. The van der Waals surface area contributed by atoms with Crippen LogP contribution < -0.4 is 9.80 Å². The molecule has 278 valence electrons. The van der Waals surface area contributed by atoms with Crippen LogP contribution in [0.25, 0.3) is 60.2 Å². The summed E-state index contributed by atoms with van der Waals surface area (Å²) in [6.07, 6.45) is 0. The first-order chi connectivity index (χ1) is 29.3. The molecule has 11 aromatic rings. The quantitative estimate of drug-likeness (QED) is 0.153. The van der Waals surface area contributed by atoms with Crippen molar-refractivity contribution in [2.45, 2.75) is 0 Å². The lowest BCUT2D eigenvalue weighted by Crippen LogP contribution is -2.10. The zero-order valence-electron chi connectivity index (χ0n) is 32.4. The Morgan fingerprint density at radius 3 is 1.56 bits per heavy atom. The van der Waals surface area contributed by atoms with Crippen LogP contribution in [-0.2, 0) is 0 Å². The molecule has 0 unspecified atom stereocenters. The van der Waals surface area contributed by atoms with Crippen molar-refractivity contribution in [1.82, 2.24) is 4.57 Å². The van der Waals surface area contributed by atoms with Crippen molar-refractivity contribution in [3.05, 3.63) is 237 Å². The van der Waals surface area contributed by atoms with Gasteiger partial charge >= 0.3 is 0 Å². The summed E-state index contributed by atoms with van der Waals surface area (Å²) in [7, 11) is 0. The topological polar surface area (TPSA) is 11.4 Å². The van der Waals surface area contributed by atoms with Crippen LogP contribution in [0.1, 0.15) is 0 Å². The highest BCUT2D eigenvalue weighted by Crippen LogP contribution is 2.44. The molecule has 1 heterocycles. The molecule has 0 N–H and O–H groups in total. The van der Waals surface area contributed by atoms with E-state index in [1.165, 1.54) is 54.5 Å². The molecule has 0 aliphatic carbocycles. The van der Waals surface area contributed by atoms with Crippen LogP contribution >= 0.6 is 0 Å². The van der Waals surface area contributed by atoms with Gasteiger partial charge in [-0.15, -0.1) is 0 Å². The van der Waals surface area contributed by atoms with E-state index in [9.17, 15) is 0 Å². The maximum absolute atomic E-state index is 2.38. The maximum Gasteiger partial charge on any atom is 0.0561 e. The molecular formula is C56H39N3. The van der Waals surface area contributed by atoms with Crippen LogP contribution in [0.4, 0.5) is 34.1 Å². The Kier molecular flexibility index (Phi) is 8.49. The Hall–Kier alpha value is -7.88. The first kappa shape index (κ1) is 34.4. The van der Waals surface area contributed by atoms with Gasteiger partial charge in [0.15, 0.2) is 0 Å². The smallest absolute Gasteiger partial charge is 0.0561 e. The summed E-state index contributed by atoms with van der Waals surface area (Å²) in [4.78, 5) is 4.74. The highest BCUT2D eigenvalue weighted by molar-refractivity contribution is 6.11. The van der Waals surface area contributed by atoms with E-state index in [1.807, 2.05) is 0 Å². The van der Waals surface area contributed by atoms with Gasteiger partial charge in [0.2, 0.25) is 0 Å². The third-order valence-corrected chi connectivity index (χ3v) is 11.5. The van der Waals surface area contributed by atoms with Gasteiger partial charge in [-0.1, -0.05) is 152 Å². The van der Waals surface area contributed by atoms with Crippen LogP contribution in [0, 0.1) is 0 Å². The fourth-order valence-electron chi connectivity index (χ4n) is 8.82. The van der Waals surface area contributed by atoms with Crippen molar-refractivity contribution in [3.63, 3.8) is 0 Å². The summed E-state index contributed by atoms with van der Waals surface area (Å²) in [5.74, 6) is 0. The zero-order chi connectivity index (χ0) is 39.1. The second kappa shape index (κ2) is 14.6. The Labute approximate surface area is 343 Å². The van der Waals surface area contributed by atoms with Gasteiger partial charge in [0, 0.05) is 50.3 Å². The predicted molar refractivity (Wildman–Crippen MR) is 251 cm³/mol. The molecule has 3 heteroatoms. The normalized spacial score (nSPS) is 11.4. The van der Waals surface area contributed by atoms with Crippen molar-refractivity contribution in [2.75, 3.05) is 9.80 Å². The minimum atomic E-state index is 1.09. The van der Waals surface area contributed by atoms with Gasteiger partial charge in [-0.25, -0.2) is 0 Å². The first-order valence-electron chi connectivity index (χ1n) is 20.2. The van der Waals surface area contributed by atoms with E-state index in [0.29, 0.717) is 0 Å². The summed E-state index contributed by atoms with van der Waals surface area (Å²) < 4.78 is 2.38. The highest BCUT2D eigenvalue weighted by atomic mass is 15.1. The number of rotatable bonds is 8. The summed E-state index contributed by atoms with van der Waals surface area (Å²) >= 11 is 0. The van der Waals surface area contributed by atoms with Crippen molar-refractivity contribution in [3.8, 4) is 16.8 Å². The van der Waals surface area contributed by atoms with Gasteiger partial charge in [0.25, 0.3) is 0 Å². The number of hydrogen-bond donors (Lipinski definition) is 0. The van der Waals surface area contributed by atoms with E-state index in [1.54, 1.807) is 0 Å². The molecule has 0 fully saturated rings. The molecular weight excluding hydrogens is 715 g/mol. The van der Waals surface area contributed by atoms with Crippen LogP contribution in [0.3, 0.4) is 0 Å². The van der Waals surface area contributed by atoms with E-state index in [-0.39, 0.29) is 0 Å². The Balaban J connectivity index is 1.02. The molecule has 0 radical (unpaired) electrons. The predicted octanol–water partition coefficient (Wildman–Crippen LogP) is 15.7. The average molecular weight is 754 g/mol. The molecule has 11 rings (SSSR count). The van der Waals surface area contributed by atoms with E-state index in [2.05, 4.69) is 251 Å². The van der Waals surface area contributed by atoms with Crippen LogP contribution in [0.15, 0.2) is 237 Å². The SMILES string of the molecule is c1ccc(N(c2ccc(-c3ccc(N(c4ccccc4)c4ccc5ccccc5c4)c4ccccc34)cc2)c2ccc3c4ccccc4n(-c4ccccc4)c3c2)cc1. The van der Waals surface area contributed by atoms with Gasteiger partial charge < -0.3 is 14.4 Å². The molecule has 1 aromatic heterocycles. The van der Waals surface area contributed by atoms with E-state index < -0.39 is 0 Å². The van der Waals surface area contributed by atoms with Crippen molar-refractivity contribution in [2.24, 2.45) is 0 Å². The van der Waals surface area contributed by atoms with E-state index in [4.69, 9.17) is 0 Å². The Morgan fingerprint density at radius 2 is 0.814 bits per heavy atom. The number of anilines is 6. The Bertz CT molecular complexity index is 3260. The second-order valence-electron chi connectivity index (χ2n) is 15.0. The molecule has 0 spiro atoms. The fraction of sp³-hybridized carbons (Fsp3) is 0. The van der Waals surface area contributed by atoms with Crippen LogP contribution in [0.2, 0.25) is 0 Å². The van der Waals surface area contributed by atoms with Gasteiger partial charge in [0.1, 0.15) is 0 Å². The number of aromatic nitrogens is 1. The number of benzene rings is 10. The van der Waals surface area contributed by atoms with Gasteiger partial charge in [-0.05, 0) is 112 Å². The maximum atomic E-state index is 2.38. The van der Waals surface area contributed by atoms with Gasteiger partial charge in [-0.3, -0.25) is 0 Å². The molecule has 0 amide bonds. The van der Waals surface area contributed by atoms with Gasteiger partial charge in [-0.2, -0.15) is 0 Å². The van der Waals surface area contributed by atoms with Crippen molar-refractivity contribution in [1.29, 1.82) is 0 Å². The molecule has 0 aliphatic rings. The third kappa shape index (κ3) is 6.08. The first-order valence-corrected chi connectivity index (χ1v) is 20.2. The summed E-state index contributed by atoms with van der Waals surface area (Å²) in [6.45, 7) is 0. The number of fused-ring (bicyclic) bond motifs is 5. The van der Waals surface area contributed by atoms with E-state index >= 15 is 0 Å². The molecule has 0 bridgehead atoms. The molecule has 0 atom stereocenters. The van der Waals surface area contributed by atoms with Crippen molar-refractivity contribution < 1.29 is 0 Å². The number of para-hydroxylation sites is 4. The minimum Gasteiger partial charge on any atom is -0.310 e. The number of nitrogens with zero attached hydrogens (tertiary/aromatic N) is 3. The molecule has 59 heavy (non-hydrogen) atoms. The average Bonchev–Trinajstić information content (AvgIpc) is 3.64. The summed E-state index contributed by atoms with van der Waals surface area (Å²) in [5, 5.41) is 7.33. The second-order valence-corrected chi connectivity index (χ2v) is 15.0. The highest BCUT2D eigenvalue weighted by Gasteiger charge is 2.20. The largest absolute Gasteiger partial charge is 0.310 e. The standard InChI is InChI=1S/C56H39N3/c1-4-18-43(19-5-1)57(48-34-35-53-52-26-14-15-27-54(52)59(56(53)39-48)45-22-8-3-9-23-45)46-31-29-41(30-32-46)49-36-37-55(51-25-13-12-24-50(49)51)58(44-20-6-2-7-21-44)47-33-28-40-16-10-11-17-42(40)38-47/h1-39H. The monoisotopic (exact) mass is 753 g/mol. The zero-order valence-corrected chi connectivity index (χ0v) is 32.4. The fourth-order valence-corrected chi connectivity index (χ4v) is 8.82. The molecule has 0 saturated carbocycles. The lowest BCUT2D eigenvalue weighted by molar-refractivity contribution is 1.18. The Morgan fingerprint density at radius 1 is 0.288 bits per heavy atom. The summed E-state index contributed by atoms with van der Waals surface area (Å²) in [5.41, 5.74) is 12.6. The molecule has 0 saturated heterocycles. The van der Waals surface area contributed by atoms with Crippen molar-refractivity contribution >= 4 is 77.5 Å². The number of hydrogen-bond acceptors (Lipinski definition) is 2. The van der Waals surface area contributed by atoms with Crippen LogP contribution in [0.5, 0.6) is 0 Å².